The van der Waals surface area contributed by atoms with Gasteiger partial charge in [0.15, 0.2) is 0 Å². The maximum absolute atomic E-state index is 13.7. The third-order valence-electron chi connectivity index (χ3n) is 2.90. The summed E-state index contributed by atoms with van der Waals surface area (Å²) in [6.45, 7) is 3.21. The van der Waals surface area contributed by atoms with E-state index in [0.29, 0.717) is 12.1 Å². The highest BCUT2D eigenvalue weighted by Gasteiger charge is 2.09. The van der Waals surface area contributed by atoms with Gasteiger partial charge in [-0.15, -0.1) is 0 Å². The Balaban J connectivity index is 2.26. The molecule has 96 valence electrons. The standard InChI is InChI=1S/C13H15BrFN3/c1-9-11(6-16-2)7-17-18(9)8-10-5-12(14)3-4-13(10)15/h3-5,7,16H,6,8H2,1-2H3. The van der Waals surface area contributed by atoms with E-state index in [1.54, 1.807) is 12.1 Å². The summed E-state index contributed by atoms with van der Waals surface area (Å²) in [6, 6.07) is 4.95. The highest BCUT2D eigenvalue weighted by Crippen LogP contribution is 2.17. The van der Waals surface area contributed by atoms with Gasteiger partial charge in [0.1, 0.15) is 5.82 Å². The second-order valence-electron chi connectivity index (χ2n) is 4.18. The first kappa shape index (κ1) is 13.2. The quantitative estimate of drug-likeness (QED) is 0.941. The van der Waals surface area contributed by atoms with Gasteiger partial charge >= 0.3 is 0 Å². The molecule has 0 amide bonds. The minimum Gasteiger partial charge on any atom is -0.316 e. The van der Waals surface area contributed by atoms with Crippen LogP contribution in [-0.2, 0) is 13.1 Å². The molecule has 1 heterocycles. The first-order chi connectivity index (χ1) is 8.61. The van der Waals surface area contributed by atoms with Gasteiger partial charge in [-0.3, -0.25) is 4.68 Å². The van der Waals surface area contributed by atoms with E-state index in [-0.39, 0.29) is 5.82 Å². The van der Waals surface area contributed by atoms with Crippen molar-refractivity contribution in [3.63, 3.8) is 0 Å². The third-order valence-corrected chi connectivity index (χ3v) is 3.39. The van der Waals surface area contributed by atoms with E-state index < -0.39 is 0 Å². The van der Waals surface area contributed by atoms with Gasteiger partial charge in [-0.25, -0.2) is 4.39 Å². The number of hydrogen-bond acceptors (Lipinski definition) is 2. The molecular formula is C13H15BrFN3. The summed E-state index contributed by atoms with van der Waals surface area (Å²) in [5.41, 5.74) is 2.82. The fourth-order valence-electron chi connectivity index (χ4n) is 1.83. The Kier molecular flexibility index (Phi) is 4.14. The van der Waals surface area contributed by atoms with Crippen LogP contribution >= 0.6 is 15.9 Å². The highest BCUT2D eigenvalue weighted by atomic mass is 79.9. The lowest BCUT2D eigenvalue weighted by molar-refractivity contribution is 0.579. The van der Waals surface area contributed by atoms with Gasteiger partial charge in [0.25, 0.3) is 0 Å². The molecule has 1 N–H and O–H groups in total. The van der Waals surface area contributed by atoms with Crippen molar-refractivity contribution in [3.8, 4) is 0 Å². The van der Waals surface area contributed by atoms with E-state index in [9.17, 15) is 4.39 Å². The minimum atomic E-state index is -0.205. The van der Waals surface area contributed by atoms with E-state index in [2.05, 4.69) is 26.3 Å². The van der Waals surface area contributed by atoms with Crippen LogP contribution in [0, 0.1) is 12.7 Å². The summed E-state index contributed by atoms with van der Waals surface area (Å²) < 4.78 is 16.4. The molecule has 0 radical (unpaired) electrons. The largest absolute Gasteiger partial charge is 0.316 e. The van der Waals surface area contributed by atoms with Crippen LogP contribution in [0.1, 0.15) is 16.8 Å². The molecule has 0 unspecified atom stereocenters. The normalized spacial score (nSPS) is 10.9. The molecule has 0 saturated heterocycles. The van der Waals surface area contributed by atoms with Crippen LogP contribution in [0.15, 0.2) is 28.9 Å². The van der Waals surface area contributed by atoms with E-state index in [4.69, 9.17) is 0 Å². The second-order valence-corrected chi connectivity index (χ2v) is 5.09. The summed E-state index contributed by atoms with van der Waals surface area (Å²) in [5, 5.41) is 7.38. The van der Waals surface area contributed by atoms with E-state index in [0.717, 1.165) is 22.3 Å². The van der Waals surface area contributed by atoms with Gasteiger partial charge in [0.2, 0.25) is 0 Å². The number of halogens is 2. The van der Waals surface area contributed by atoms with Crippen molar-refractivity contribution in [1.29, 1.82) is 0 Å². The molecule has 18 heavy (non-hydrogen) atoms. The van der Waals surface area contributed by atoms with Crippen LogP contribution in [0.25, 0.3) is 0 Å². The predicted octanol–water partition coefficient (Wildman–Crippen LogP) is 2.86. The van der Waals surface area contributed by atoms with Crippen LogP contribution < -0.4 is 5.32 Å². The molecule has 2 rings (SSSR count). The van der Waals surface area contributed by atoms with Gasteiger partial charge in [-0.1, -0.05) is 15.9 Å². The fourth-order valence-corrected chi connectivity index (χ4v) is 2.24. The summed E-state index contributed by atoms with van der Waals surface area (Å²) in [4.78, 5) is 0. The highest BCUT2D eigenvalue weighted by molar-refractivity contribution is 9.10. The molecule has 0 aliphatic heterocycles. The Morgan fingerprint density at radius 2 is 2.17 bits per heavy atom. The zero-order valence-corrected chi connectivity index (χ0v) is 12.0. The molecule has 1 aromatic carbocycles. The first-order valence-corrected chi connectivity index (χ1v) is 6.51. The van der Waals surface area contributed by atoms with Crippen molar-refractivity contribution in [2.75, 3.05) is 7.05 Å². The zero-order chi connectivity index (χ0) is 13.1. The summed E-state index contributed by atoms with van der Waals surface area (Å²) in [6.07, 6.45) is 1.82. The van der Waals surface area contributed by atoms with Crippen molar-refractivity contribution >= 4 is 15.9 Å². The van der Waals surface area contributed by atoms with Gasteiger partial charge < -0.3 is 5.32 Å². The number of hydrogen-bond donors (Lipinski definition) is 1. The molecule has 2 aromatic rings. The SMILES string of the molecule is CNCc1cnn(Cc2cc(Br)ccc2F)c1C. The Labute approximate surface area is 114 Å². The van der Waals surface area contributed by atoms with Crippen molar-refractivity contribution in [3.05, 3.63) is 51.5 Å². The Bertz CT molecular complexity index is 551. The lowest BCUT2D eigenvalue weighted by Crippen LogP contribution is -2.08. The maximum atomic E-state index is 13.7. The molecule has 0 saturated carbocycles. The number of nitrogens with zero attached hydrogens (tertiary/aromatic N) is 2. The molecule has 0 aliphatic rings. The smallest absolute Gasteiger partial charge is 0.128 e. The van der Waals surface area contributed by atoms with Crippen molar-refractivity contribution < 1.29 is 4.39 Å². The Morgan fingerprint density at radius 1 is 1.39 bits per heavy atom. The fraction of sp³-hybridized carbons (Fsp3) is 0.308. The topological polar surface area (TPSA) is 29.9 Å². The minimum absolute atomic E-state index is 0.205. The molecule has 0 aliphatic carbocycles. The van der Waals surface area contributed by atoms with Crippen LogP contribution in [0.3, 0.4) is 0 Å². The van der Waals surface area contributed by atoms with Gasteiger partial charge in [0, 0.05) is 27.8 Å². The Morgan fingerprint density at radius 3 is 2.89 bits per heavy atom. The molecule has 3 nitrogen and oxygen atoms in total. The number of benzene rings is 1. The number of nitrogens with one attached hydrogen (secondary N) is 1. The van der Waals surface area contributed by atoms with Gasteiger partial charge in [0.05, 0.1) is 12.7 Å². The van der Waals surface area contributed by atoms with Crippen molar-refractivity contribution in [1.82, 2.24) is 15.1 Å². The summed E-state index contributed by atoms with van der Waals surface area (Å²) in [5.74, 6) is -0.205. The molecular weight excluding hydrogens is 297 g/mol. The molecule has 5 heteroatoms. The average Bonchev–Trinajstić information content (AvgIpc) is 2.67. The van der Waals surface area contributed by atoms with Crippen LogP contribution in [-0.4, -0.2) is 16.8 Å². The maximum Gasteiger partial charge on any atom is 0.128 e. The number of rotatable bonds is 4. The van der Waals surface area contributed by atoms with Gasteiger partial charge in [-0.05, 0) is 32.2 Å². The van der Waals surface area contributed by atoms with Crippen molar-refractivity contribution in [2.45, 2.75) is 20.0 Å². The van der Waals surface area contributed by atoms with E-state index in [1.165, 1.54) is 6.07 Å². The lowest BCUT2D eigenvalue weighted by Gasteiger charge is -2.07. The van der Waals surface area contributed by atoms with Crippen LogP contribution in [0.4, 0.5) is 4.39 Å². The van der Waals surface area contributed by atoms with Gasteiger partial charge in [-0.2, -0.15) is 5.10 Å². The Hall–Kier alpha value is -1.20. The van der Waals surface area contributed by atoms with E-state index in [1.807, 2.05) is 24.9 Å². The van der Waals surface area contributed by atoms with Crippen LogP contribution in [0.5, 0.6) is 0 Å². The summed E-state index contributed by atoms with van der Waals surface area (Å²) >= 11 is 3.35. The average molecular weight is 312 g/mol. The predicted molar refractivity (Wildman–Crippen MR) is 72.9 cm³/mol. The molecule has 1 aromatic heterocycles. The second kappa shape index (κ2) is 5.63. The van der Waals surface area contributed by atoms with Crippen molar-refractivity contribution in [2.24, 2.45) is 0 Å². The third kappa shape index (κ3) is 2.79. The lowest BCUT2D eigenvalue weighted by atomic mass is 10.2. The monoisotopic (exact) mass is 311 g/mol. The molecule has 0 fully saturated rings. The first-order valence-electron chi connectivity index (χ1n) is 5.71. The molecule has 0 bridgehead atoms. The van der Waals surface area contributed by atoms with E-state index >= 15 is 0 Å². The molecule has 0 atom stereocenters. The molecule has 0 spiro atoms. The zero-order valence-electron chi connectivity index (χ0n) is 10.4. The summed E-state index contributed by atoms with van der Waals surface area (Å²) in [7, 11) is 1.89. The van der Waals surface area contributed by atoms with Crippen LogP contribution in [0.2, 0.25) is 0 Å². The number of aromatic nitrogens is 2.